The summed E-state index contributed by atoms with van der Waals surface area (Å²) in [6, 6.07) is 0.659. The molecular formula is C13H30N2. The Kier molecular flexibility index (Phi) is 6.46. The van der Waals surface area contributed by atoms with E-state index in [1.807, 2.05) is 0 Å². The summed E-state index contributed by atoms with van der Waals surface area (Å²) >= 11 is 0. The highest BCUT2D eigenvalue weighted by Gasteiger charge is 2.20. The lowest BCUT2D eigenvalue weighted by atomic mass is 9.91. The lowest BCUT2D eigenvalue weighted by Crippen LogP contribution is -2.43. The van der Waals surface area contributed by atoms with Gasteiger partial charge in [0.2, 0.25) is 0 Å². The molecule has 92 valence electrons. The normalized spacial score (nSPS) is 15.0. The molecule has 0 aromatic carbocycles. The highest BCUT2D eigenvalue weighted by atomic mass is 15.1. The van der Waals surface area contributed by atoms with Crippen LogP contribution in [0.25, 0.3) is 0 Å². The molecule has 0 radical (unpaired) electrons. The second-order valence-electron chi connectivity index (χ2n) is 6.04. The van der Waals surface area contributed by atoms with E-state index in [-0.39, 0.29) is 0 Å². The maximum Gasteiger partial charge on any atom is 0.00876 e. The second-order valence-corrected chi connectivity index (χ2v) is 6.04. The Morgan fingerprint density at radius 3 is 2.07 bits per heavy atom. The van der Waals surface area contributed by atoms with Crippen molar-refractivity contribution < 1.29 is 0 Å². The van der Waals surface area contributed by atoms with Crippen molar-refractivity contribution in [3.63, 3.8) is 0 Å². The van der Waals surface area contributed by atoms with Crippen LogP contribution in [-0.4, -0.2) is 38.1 Å². The van der Waals surface area contributed by atoms with Crippen LogP contribution in [0, 0.1) is 11.3 Å². The Bertz CT molecular complexity index is 162. The molecule has 15 heavy (non-hydrogen) atoms. The third-order valence-corrected chi connectivity index (χ3v) is 2.83. The summed E-state index contributed by atoms with van der Waals surface area (Å²) < 4.78 is 0. The van der Waals surface area contributed by atoms with E-state index in [0.29, 0.717) is 11.5 Å². The highest BCUT2D eigenvalue weighted by molar-refractivity contribution is 4.78. The predicted octanol–water partition coefficient (Wildman–Crippen LogP) is 2.60. The standard InChI is InChI=1S/C13H30N2/c1-8-12(11(2)3)14-9-13(4,5)10-15(6)7/h11-12,14H,8-10H2,1-7H3/t12-/m0/s1. The van der Waals surface area contributed by atoms with Crippen LogP contribution >= 0.6 is 0 Å². The van der Waals surface area contributed by atoms with Gasteiger partial charge in [0.25, 0.3) is 0 Å². The van der Waals surface area contributed by atoms with Crippen LogP contribution in [0.5, 0.6) is 0 Å². The highest BCUT2D eigenvalue weighted by Crippen LogP contribution is 2.16. The molecule has 0 amide bonds. The number of nitrogens with one attached hydrogen (secondary N) is 1. The largest absolute Gasteiger partial charge is 0.313 e. The van der Waals surface area contributed by atoms with Crippen molar-refractivity contribution in [2.24, 2.45) is 11.3 Å². The summed E-state index contributed by atoms with van der Waals surface area (Å²) in [5.74, 6) is 0.727. The van der Waals surface area contributed by atoms with Crippen molar-refractivity contribution in [1.82, 2.24) is 10.2 Å². The van der Waals surface area contributed by atoms with Crippen LogP contribution in [-0.2, 0) is 0 Å². The zero-order valence-electron chi connectivity index (χ0n) is 11.7. The first-order chi connectivity index (χ1) is 6.78. The minimum Gasteiger partial charge on any atom is -0.313 e. The summed E-state index contributed by atoms with van der Waals surface area (Å²) in [4.78, 5) is 2.26. The lowest BCUT2D eigenvalue weighted by Gasteiger charge is -2.31. The molecule has 1 N–H and O–H groups in total. The Morgan fingerprint density at radius 2 is 1.73 bits per heavy atom. The van der Waals surface area contributed by atoms with Crippen molar-refractivity contribution >= 4 is 0 Å². The van der Waals surface area contributed by atoms with Gasteiger partial charge in [-0.2, -0.15) is 0 Å². The van der Waals surface area contributed by atoms with Crippen molar-refractivity contribution in [2.45, 2.75) is 47.1 Å². The molecule has 0 saturated heterocycles. The molecule has 0 aliphatic heterocycles. The zero-order valence-corrected chi connectivity index (χ0v) is 11.7. The van der Waals surface area contributed by atoms with E-state index < -0.39 is 0 Å². The van der Waals surface area contributed by atoms with Gasteiger partial charge in [-0.05, 0) is 31.8 Å². The summed E-state index contributed by atoms with van der Waals surface area (Å²) in [5, 5.41) is 3.69. The number of rotatable bonds is 7. The van der Waals surface area contributed by atoms with Gasteiger partial charge in [-0.1, -0.05) is 34.6 Å². The molecule has 0 fully saturated rings. The molecule has 0 bridgehead atoms. The van der Waals surface area contributed by atoms with Crippen molar-refractivity contribution in [3.8, 4) is 0 Å². The van der Waals surface area contributed by atoms with Gasteiger partial charge in [0.15, 0.2) is 0 Å². The van der Waals surface area contributed by atoms with Crippen LogP contribution in [0.15, 0.2) is 0 Å². The van der Waals surface area contributed by atoms with E-state index in [1.165, 1.54) is 6.42 Å². The molecule has 0 spiro atoms. The van der Waals surface area contributed by atoms with Crippen molar-refractivity contribution in [3.05, 3.63) is 0 Å². The molecule has 0 saturated carbocycles. The monoisotopic (exact) mass is 214 g/mol. The Hall–Kier alpha value is -0.0800. The van der Waals surface area contributed by atoms with E-state index >= 15 is 0 Å². The minimum absolute atomic E-state index is 0.353. The zero-order chi connectivity index (χ0) is 12.1. The molecule has 0 heterocycles. The first kappa shape index (κ1) is 14.9. The Labute approximate surface area is 96.4 Å². The van der Waals surface area contributed by atoms with E-state index in [1.54, 1.807) is 0 Å². The van der Waals surface area contributed by atoms with E-state index in [4.69, 9.17) is 0 Å². The third kappa shape index (κ3) is 6.91. The van der Waals surface area contributed by atoms with Crippen molar-refractivity contribution in [1.29, 1.82) is 0 Å². The quantitative estimate of drug-likeness (QED) is 0.701. The van der Waals surface area contributed by atoms with Crippen LogP contribution in [0.2, 0.25) is 0 Å². The average molecular weight is 214 g/mol. The molecule has 0 aliphatic rings. The summed E-state index contributed by atoms with van der Waals surface area (Å²) in [7, 11) is 4.28. The van der Waals surface area contributed by atoms with Crippen LogP contribution < -0.4 is 5.32 Å². The van der Waals surface area contributed by atoms with Gasteiger partial charge in [-0.3, -0.25) is 0 Å². The second kappa shape index (κ2) is 6.49. The topological polar surface area (TPSA) is 15.3 Å². The molecule has 0 aromatic rings. The van der Waals surface area contributed by atoms with Gasteiger partial charge in [-0.15, -0.1) is 0 Å². The SMILES string of the molecule is CC[C@H](NCC(C)(C)CN(C)C)C(C)C. The predicted molar refractivity (Wildman–Crippen MR) is 69.3 cm³/mol. The molecule has 2 nitrogen and oxygen atoms in total. The molecular weight excluding hydrogens is 184 g/mol. The summed E-state index contributed by atoms with van der Waals surface area (Å²) in [6.45, 7) is 13.7. The Morgan fingerprint density at radius 1 is 1.20 bits per heavy atom. The Balaban J connectivity index is 4.00. The summed E-state index contributed by atoms with van der Waals surface area (Å²) in [5.41, 5.74) is 0.353. The number of hydrogen-bond donors (Lipinski definition) is 1. The lowest BCUT2D eigenvalue weighted by molar-refractivity contribution is 0.216. The molecule has 0 aliphatic carbocycles. The molecule has 0 unspecified atom stereocenters. The number of hydrogen-bond acceptors (Lipinski definition) is 2. The molecule has 1 atom stereocenters. The van der Waals surface area contributed by atoms with E-state index in [0.717, 1.165) is 19.0 Å². The molecule has 0 rings (SSSR count). The minimum atomic E-state index is 0.353. The van der Waals surface area contributed by atoms with E-state index in [9.17, 15) is 0 Å². The third-order valence-electron chi connectivity index (χ3n) is 2.83. The maximum absolute atomic E-state index is 3.69. The van der Waals surface area contributed by atoms with Gasteiger partial charge in [-0.25, -0.2) is 0 Å². The van der Waals surface area contributed by atoms with Crippen LogP contribution in [0.1, 0.15) is 41.0 Å². The van der Waals surface area contributed by atoms with Crippen LogP contribution in [0.3, 0.4) is 0 Å². The summed E-state index contributed by atoms with van der Waals surface area (Å²) in [6.07, 6.45) is 1.22. The first-order valence-corrected chi connectivity index (χ1v) is 6.16. The van der Waals surface area contributed by atoms with Crippen molar-refractivity contribution in [2.75, 3.05) is 27.2 Å². The smallest absolute Gasteiger partial charge is 0.00876 e. The van der Waals surface area contributed by atoms with Gasteiger partial charge in [0.05, 0.1) is 0 Å². The van der Waals surface area contributed by atoms with Gasteiger partial charge in [0.1, 0.15) is 0 Å². The molecule has 2 heteroatoms. The van der Waals surface area contributed by atoms with E-state index in [2.05, 4.69) is 58.9 Å². The van der Waals surface area contributed by atoms with Gasteiger partial charge in [0, 0.05) is 19.1 Å². The fourth-order valence-electron chi connectivity index (χ4n) is 2.17. The average Bonchev–Trinajstić information content (AvgIpc) is 2.01. The number of nitrogens with zero attached hydrogens (tertiary/aromatic N) is 1. The first-order valence-electron chi connectivity index (χ1n) is 6.16. The van der Waals surface area contributed by atoms with Crippen LogP contribution in [0.4, 0.5) is 0 Å². The fourth-order valence-corrected chi connectivity index (χ4v) is 2.17. The maximum atomic E-state index is 3.69. The van der Waals surface area contributed by atoms with Gasteiger partial charge < -0.3 is 10.2 Å². The fraction of sp³-hybridized carbons (Fsp3) is 1.00. The molecule has 0 aromatic heterocycles. The van der Waals surface area contributed by atoms with Gasteiger partial charge >= 0.3 is 0 Å².